The third-order valence-corrected chi connectivity index (χ3v) is 7.70. The maximum absolute atomic E-state index is 13.2. The minimum Gasteiger partial charge on any atom is -0.404 e. The number of rotatable bonds is 6. The van der Waals surface area contributed by atoms with Gasteiger partial charge < -0.3 is 10.8 Å². The van der Waals surface area contributed by atoms with Crippen LogP contribution in [0.15, 0.2) is 84.8 Å². The Balaban J connectivity index is 1.75. The fraction of sp³-hybridized carbons (Fsp3) is 0.200. The van der Waals surface area contributed by atoms with Crippen molar-refractivity contribution in [1.29, 1.82) is 0 Å². The molecule has 0 bridgehead atoms. The van der Waals surface area contributed by atoms with E-state index < -0.39 is 16.1 Å². The number of hydrogen-bond acceptors (Lipinski definition) is 6. The Hall–Kier alpha value is -3.33. The quantitative estimate of drug-likeness (QED) is 0.543. The highest BCUT2D eigenvalue weighted by Gasteiger charge is 2.29. The molecular weight excluding hydrogens is 436 g/mol. The summed E-state index contributed by atoms with van der Waals surface area (Å²) in [5.41, 5.74) is 10.0. The number of benzene rings is 1. The van der Waals surface area contributed by atoms with E-state index in [4.69, 9.17) is 5.73 Å². The number of fused-ring (bicyclic) bond motifs is 1. The van der Waals surface area contributed by atoms with E-state index in [1.165, 1.54) is 10.4 Å². The first-order valence-electron chi connectivity index (χ1n) is 10.7. The molecule has 0 saturated carbocycles. The molecule has 33 heavy (non-hydrogen) atoms. The molecule has 0 radical (unpaired) electrons. The number of piperidine rings is 1. The van der Waals surface area contributed by atoms with Crippen molar-refractivity contribution in [1.82, 2.24) is 14.3 Å². The number of hydrogen-bond donors (Lipinski definition) is 2. The molecule has 0 amide bonds. The molecule has 1 aliphatic heterocycles. The Kier molecular flexibility index (Phi) is 6.69. The second-order valence-electron chi connectivity index (χ2n) is 7.83. The van der Waals surface area contributed by atoms with Crippen molar-refractivity contribution in [2.75, 3.05) is 13.1 Å². The average Bonchev–Trinajstić information content (AvgIpc) is 2.85. The second-order valence-corrected chi connectivity index (χ2v) is 9.77. The highest BCUT2D eigenvalue weighted by molar-refractivity contribution is 7.93. The molecule has 7 nitrogen and oxygen atoms in total. The van der Waals surface area contributed by atoms with Crippen LogP contribution in [0.1, 0.15) is 18.4 Å². The number of nitrogens with zero attached hydrogens (tertiary/aromatic N) is 3. The summed E-state index contributed by atoms with van der Waals surface area (Å²) in [6.07, 6.45) is 9.84. The summed E-state index contributed by atoms with van der Waals surface area (Å²) in [4.78, 5) is 8.54. The zero-order valence-electron chi connectivity index (χ0n) is 18.1. The number of aliphatic hydroxyl groups is 1. The Morgan fingerprint density at radius 2 is 1.85 bits per heavy atom. The predicted octanol–water partition coefficient (Wildman–Crippen LogP) is 3.45. The molecule has 1 aromatic carbocycles. The molecule has 1 fully saturated rings. The van der Waals surface area contributed by atoms with Gasteiger partial charge in [-0.15, -0.1) is 0 Å². The zero-order valence-corrected chi connectivity index (χ0v) is 18.9. The number of aliphatic hydroxyl groups excluding tert-OH is 1. The van der Waals surface area contributed by atoms with Crippen LogP contribution in [0, 0.1) is 0 Å². The van der Waals surface area contributed by atoms with E-state index in [1.54, 1.807) is 24.7 Å². The smallest absolute Gasteiger partial charge is 0.244 e. The molecule has 4 rings (SSSR count). The molecule has 0 atom stereocenters. The molecule has 0 unspecified atom stereocenters. The summed E-state index contributed by atoms with van der Waals surface area (Å²) in [7, 11) is -3.79. The fourth-order valence-corrected chi connectivity index (χ4v) is 5.40. The Morgan fingerprint density at radius 3 is 2.52 bits per heavy atom. The van der Waals surface area contributed by atoms with Crippen molar-refractivity contribution in [2.45, 2.75) is 18.9 Å². The number of allylic oxidation sites excluding steroid dienone is 3. The zero-order chi connectivity index (χ0) is 23.4. The van der Waals surface area contributed by atoms with Gasteiger partial charge in [-0.3, -0.25) is 9.97 Å². The van der Waals surface area contributed by atoms with Crippen LogP contribution in [0.5, 0.6) is 0 Å². The van der Waals surface area contributed by atoms with Gasteiger partial charge in [-0.05, 0) is 71.5 Å². The van der Waals surface area contributed by atoms with Gasteiger partial charge in [-0.1, -0.05) is 18.7 Å². The van der Waals surface area contributed by atoms with Gasteiger partial charge >= 0.3 is 0 Å². The van der Waals surface area contributed by atoms with Crippen LogP contribution in [0.3, 0.4) is 0 Å². The van der Waals surface area contributed by atoms with Crippen LogP contribution < -0.4 is 5.73 Å². The third kappa shape index (κ3) is 4.73. The SMILES string of the molecule is C=C/C(=C\C(=C/N)S(=O)(=O)N1CCC(O)CC1)c1ccc2nccc(-c3ccncc3)c2c1. The first-order valence-corrected chi connectivity index (χ1v) is 12.1. The van der Waals surface area contributed by atoms with Crippen molar-refractivity contribution in [3.8, 4) is 11.1 Å². The molecule has 1 aliphatic rings. The lowest BCUT2D eigenvalue weighted by atomic mass is 9.97. The number of nitrogens with two attached hydrogens (primary N) is 1. The van der Waals surface area contributed by atoms with Crippen molar-refractivity contribution >= 4 is 26.5 Å². The lowest BCUT2D eigenvalue weighted by Gasteiger charge is -2.29. The third-order valence-electron chi connectivity index (χ3n) is 5.81. The summed E-state index contributed by atoms with van der Waals surface area (Å²) in [5.74, 6) is 0. The second kappa shape index (κ2) is 9.66. The summed E-state index contributed by atoms with van der Waals surface area (Å²) < 4.78 is 27.7. The lowest BCUT2D eigenvalue weighted by molar-refractivity contribution is 0.113. The molecular formula is C25H26N4O3S. The molecule has 0 spiro atoms. The van der Waals surface area contributed by atoms with Crippen molar-refractivity contribution in [3.05, 3.63) is 90.4 Å². The monoisotopic (exact) mass is 462 g/mol. The summed E-state index contributed by atoms with van der Waals surface area (Å²) in [5, 5.41) is 10.6. The topological polar surface area (TPSA) is 109 Å². The fourth-order valence-electron chi connectivity index (χ4n) is 3.96. The standard InChI is InChI=1S/C25H26N4O3S/c1-2-18(15-22(17-26)33(31,32)29-13-8-21(30)9-14-29)20-3-4-25-24(16-20)23(7-12-28-25)19-5-10-27-11-6-19/h2-7,10-12,15-17,21,30H,1,8-9,13-14,26H2/b18-15+,22-17+. The van der Waals surface area contributed by atoms with Crippen LogP contribution in [0.2, 0.25) is 0 Å². The molecule has 3 heterocycles. The Labute approximate surface area is 193 Å². The normalized spacial score (nSPS) is 16.8. The van der Waals surface area contributed by atoms with Gasteiger partial charge in [0.15, 0.2) is 0 Å². The van der Waals surface area contributed by atoms with Crippen LogP contribution in [0.25, 0.3) is 27.6 Å². The van der Waals surface area contributed by atoms with Gasteiger partial charge in [0, 0.05) is 43.3 Å². The molecule has 8 heteroatoms. The van der Waals surface area contributed by atoms with E-state index in [2.05, 4.69) is 16.5 Å². The summed E-state index contributed by atoms with van der Waals surface area (Å²) in [6.45, 7) is 4.41. The maximum atomic E-state index is 13.2. The minimum atomic E-state index is -3.79. The lowest BCUT2D eigenvalue weighted by Crippen LogP contribution is -2.40. The van der Waals surface area contributed by atoms with Crippen molar-refractivity contribution in [3.63, 3.8) is 0 Å². The highest BCUT2D eigenvalue weighted by Crippen LogP contribution is 2.31. The highest BCUT2D eigenvalue weighted by atomic mass is 32.2. The molecule has 3 aromatic rings. The van der Waals surface area contributed by atoms with E-state index in [-0.39, 0.29) is 18.0 Å². The predicted molar refractivity (Wildman–Crippen MR) is 131 cm³/mol. The Bertz CT molecular complexity index is 1330. The summed E-state index contributed by atoms with van der Waals surface area (Å²) >= 11 is 0. The van der Waals surface area contributed by atoms with Crippen LogP contribution in [-0.2, 0) is 10.0 Å². The van der Waals surface area contributed by atoms with E-state index in [1.807, 2.05) is 36.4 Å². The first kappa shape index (κ1) is 22.8. The van der Waals surface area contributed by atoms with E-state index >= 15 is 0 Å². The molecule has 170 valence electrons. The van der Waals surface area contributed by atoms with Gasteiger partial charge in [0.1, 0.15) is 0 Å². The number of pyridine rings is 2. The van der Waals surface area contributed by atoms with E-state index in [0.29, 0.717) is 18.4 Å². The largest absolute Gasteiger partial charge is 0.404 e. The van der Waals surface area contributed by atoms with Crippen LogP contribution >= 0.6 is 0 Å². The molecule has 0 aliphatic carbocycles. The first-order chi connectivity index (χ1) is 15.9. The van der Waals surface area contributed by atoms with Gasteiger partial charge in [0.2, 0.25) is 10.0 Å². The van der Waals surface area contributed by atoms with Gasteiger partial charge in [-0.2, -0.15) is 4.31 Å². The van der Waals surface area contributed by atoms with Crippen LogP contribution in [-0.4, -0.2) is 47.0 Å². The van der Waals surface area contributed by atoms with Crippen molar-refractivity contribution < 1.29 is 13.5 Å². The van der Waals surface area contributed by atoms with E-state index in [0.717, 1.165) is 33.8 Å². The van der Waals surface area contributed by atoms with Gasteiger partial charge in [-0.25, -0.2) is 8.42 Å². The van der Waals surface area contributed by atoms with Gasteiger partial charge in [0.25, 0.3) is 0 Å². The van der Waals surface area contributed by atoms with E-state index in [9.17, 15) is 13.5 Å². The Morgan fingerprint density at radius 1 is 1.12 bits per heavy atom. The average molecular weight is 463 g/mol. The van der Waals surface area contributed by atoms with Crippen molar-refractivity contribution in [2.24, 2.45) is 5.73 Å². The minimum absolute atomic E-state index is 0.00516. The van der Waals surface area contributed by atoms with Gasteiger partial charge in [0.05, 0.1) is 16.5 Å². The molecule has 1 saturated heterocycles. The maximum Gasteiger partial charge on any atom is 0.244 e. The van der Waals surface area contributed by atoms with Crippen LogP contribution in [0.4, 0.5) is 0 Å². The molecule has 3 N–H and O–H groups in total. The summed E-state index contributed by atoms with van der Waals surface area (Å²) in [6, 6.07) is 11.6. The molecule has 2 aromatic heterocycles. The number of sulfonamides is 1. The number of aromatic nitrogens is 2.